The van der Waals surface area contributed by atoms with Crippen molar-refractivity contribution in [1.29, 1.82) is 5.26 Å². The molecule has 0 saturated carbocycles. The van der Waals surface area contributed by atoms with E-state index in [1.807, 2.05) is 25.1 Å². The highest BCUT2D eigenvalue weighted by atomic mass is 16.5. The minimum absolute atomic E-state index is 0.0147. The zero-order valence-electron chi connectivity index (χ0n) is 20.7. The number of nitrogens with one attached hydrogen (secondary N) is 1. The van der Waals surface area contributed by atoms with E-state index in [9.17, 15) is 19.6 Å². The fourth-order valence-electron chi connectivity index (χ4n) is 4.67. The van der Waals surface area contributed by atoms with Crippen LogP contribution in [0.5, 0.6) is 0 Å². The lowest BCUT2D eigenvalue weighted by Crippen LogP contribution is -2.45. The predicted octanol–water partition coefficient (Wildman–Crippen LogP) is 2.87. The molecule has 1 aromatic heterocycles. The number of hydrogen-bond acceptors (Lipinski definition) is 7. The molecule has 2 aromatic rings. The molecule has 10 heteroatoms. The van der Waals surface area contributed by atoms with Gasteiger partial charge in [0.05, 0.1) is 19.7 Å². The second-order valence-electron chi connectivity index (χ2n) is 9.19. The third kappa shape index (κ3) is 5.67. The summed E-state index contributed by atoms with van der Waals surface area (Å²) in [5.41, 5.74) is 1.20. The van der Waals surface area contributed by atoms with Crippen LogP contribution in [0.2, 0.25) is 0 Å². The molecule has 10 nitrogen and oxygen atoms in total. The molecule has 2 amide bonds. The van der Waals surface area contributed by atoms with Gasteiger partial charge in [0.15, 0.2) is 0 Å². The molecular weight excluding hydrogens is 462 g/mol. The number of amides is 2. The molecule has 190 valence electrons. The van der Waals surface area contributed by atoms with Crippen molar-refractivity contribution in [3.63, 3.8) is 0 Å². The Bertz CT molecular complexity index is 1210. The van der Waals surface area contributed by atoms with Crippen LogP contribution in [0.3, 0.4) is 0 Å². The molecule has 2 atom stereocenters. The van der Waals surface area contributed by atoms with Gasteiger partial charge in [-0.3, -0.25) is 19.4 Å². The lowest BCUT2D eigenvalue weighted by Gasteiger charge is -2.25. The molecular formula is C26H31N5O5. The number of benzene rings is 1. The van der Waals surface area contributed by atoms with E-state index >= 15 is 0 Å². The second kappa shape index (κ2) is 11.2. The maximum Gasteiger partial charge on any atom is 0.330 e. The van der Waals surface area contributed by atoms with Crippen LogP contribution >= 0.6 is 0 Å². The van der Waals surface area contributed by atoms with Crippen molar-refractivity contribution in [3.8, 4) is 6.07 Å². The molecule has 4 rings (SSSR count). The molecule has 1 unspecified atom stereocenters. The second-order valence-corrected chi connectivity index (χ2v) is 9.19. The molecule has 2 aliphatic rings. The monoisotopic (exact) mass is 493 g/mol. The maximum atomic E-state index is 13.4. The number of methoxy groups -OCH3 is 1. The molecule has 0 spiro atoms. The standard InChI is InChI=1S/C26H31N5O5/c1-17-13-18-8-9-19(14-22(18)36-17)28-24(20(15-27)26(34)35-2)29-21-7-3-4-12-31(25(21)33)16-23(32)30-10-5-6-11-30/h8-9,13-14,20-21H,3-7,10-12,16H2,1-2H3,(H,28,29)/t20?,21-/m0/s1. The van der Waals surface area contributed by atoms with Crippen LogP contribution < -0.4 is 5.32 Å². The molecule has 0 radical (unpaired) electrons. The first-order chi connectivity index (χ1) is 17.4. The average Bonchev–Trinajstić information content (AvgIpc) is 3.50. The highest BCUT2D eigenvalue weighted by Crippen LogP contribution is 2.24. The van der Waals surface area contributed by atoms with E-state index in [2.05, 4.69) is 10.3 Å². The van der Waals surface area contributed by atoms with E-state index < -0.39 is 17.9 Å². The third-order valence-electron chi connectivity index (χ3n) is 6.59. The molecule has 1 N–H and O–H groups in total. The van der Waals surface area contributed by atoms with E-state index in [-0.39, 0.29) is 24.2 Å². The van der Waals surface area contributed by atoms with Crippen molar-refractivity contribution in [2.45, 2.75) is 45.1 Å². The van der Waals surface area contributed by atoms with Crippen LogP contribution in [-0.4, -0.2) is 72.7 Å². The van der Waals surface area contributed by atoms with E-state index in [1.165, 1.54) is 7.11 Å². The summed E-state index contributed by atoms with van der Waals surface area (Å²) in [6.45, 7) is 3.78. The summed E-state index contributed by atoms with van der Waals surface area (Å²) in [6, 6.07) is 8.41. The van der Waals surface area contributed by atoms with Gasteiger partial charge >= 0.3 is 5.97 Å². The number of amidine groups is 1. The van der Waals surface area contributed by atoms with E-state index in [0.717, 1.165) is 49.9 Å². The number of fused-ring (bicyclic) bond motifs is 1. The maximum absolute atomic E-state index is 13.4. The number of aryl methyl sites for hydroxylation is 1. The predicted molar refractivity (Wildman–Crippen MR) is 133 cm³/mol. The summed E-state index contributed by atoms with van der Waals surface area (Å²) < 4.78 is 10.5. The molecule has 1 aromatic carbocycles. The lowest BCUT2D eigenvalue weighted by molar-refractivity contribution is -0.141. The number of nitrogens with zero attached hydrogens (tertiary/aromatic N) is 4. The quantitative estimate of drug-likeness (QED) is 0.372. The number of furan rings is 1. The molecule has 2 fully saturated rings. The van der Waals surface area contributed by atoms with Crippen molar-refractivity contribution >= 4 is 40.3 Å². The molecule has 36 heavy (non-hydrogen) atoms. The zero-order valence-corrected chi connectivity index (χ0v) is 20.7. The van der Waals surface area contributed by atoms with Gasteiger partial charge in [-0.2, -0.15) is 5.26 Å². The molecule has 2 aliphatic heterocycles. The summed E-state index contributed by atoms with van der Waals surface area (Å²) in [4.78, 5) is 46.5. The van der Waals surface area contributed by atoms with Gasteiger partial charge in [-0.1, -0.05) is 0 Å². The van der Waals surface area contributed by atoms with Crippen LogP contribution in [0, 0.1) is 24.2 Å². The number of rotatable bonds is 6. The molecule has 3 heterocycles. The summed E-state index contributed by atoms with van der Waals surface area (Å²) in [5.74, 6) is -1.68. The van der Waals surface area contributed by atoms with E-state index in [4.69, 9.17) is 9.15 Å². The number of hydrogen-bond donors (Lipinski definition) is 1. The number of esters is 1. The van der Waals surface area contributed by atoms with Crippen molar-refractivity contribution in [1.82, 2.24) is 9.80 Å². The molecule has 0 bridgehead atoms. The summed E-state index contributed by atoms with van der Waals surface area (Å²) >= 11 is 0. The number of carbonyl (C=O) groups excluding carboxylic acids is 3. The zero-order chi connectivity index (χ0) is 25.7. The van der Waals surface area contributed by atoms with Gasteiger partial charge in [0.1, 0.15) is 23.2 Å². The number of carbonyl (C=O) groups is 3. The van der Waals surface area contributed by atoms with E-state index in [1.54, 1.807) is 21.9 Å². The Balaban J connectivity index is 1.61. The highest BCUT2D eigenvalue weighted by molar-refractivity contribution is 6.11. The average molecular weight is 494 g/mol. The first-order valence-electron chi connectivity index (χ1n) is 12.3. The number of aliphatic imine (C=N–C) groups is 1. The van der Waals surface area contributed by atoms with Crippen LogP contribution in [0.15, 0.2) is 33.7 Å². The first kappa shape index (κ1) is 25.2. The van der Waals surface area contributed by atoms with Crippen molar-refractivity contribution < 1.29 is 23.5 Å². The van der Waals surface area contributed by atoms with Gasteiger partial charge in [-0.25, -0.2) is 0 Å². The Morgan fingerprint density at radius 1 is 1.22 bits per heavy atom. The lowest BCUT2D eigenvalue weighted by atomic mass is 10.1. The summed E-state index contributed by atoms with van der Waals surface area (Å²) in [6.07, 6.45) is 3.89. The molecule has 0 aliphatic carbocycles. The minimum atomic E-state index is -1.35. The van der Waals surface area contributed by atoms with Gasteiger partial charge in [0.2, 0.25) is 17.7 Å². The smallest absolute Gasteiger partial charge is 0.330 e. The molecule has 2 saturated heterocycles. The topological polar surface area (TPSA) is 128 Å². The van der Waals surface area contributed by atoms with Crippen LogP contribution in [0.1, 0.15) is 37.9 Å². The van der Waals surface area contributed by atoms with Crippen molar-refractivity contribution in [2.24, 2.45) is 10.9 Å². The largest absolute Gasteiger partial charge is 0.468 e. The van der Waals surface area contributed by atoms with Crippen molar-refractivity contribution in [2.75, 3.05) is 38.6 Å². The van der Waals surface area contributed by atoms with Gasteiger partial charge in [0, 0.05) is 36.8 Å². The van der Waals surface area contributed by atoms with Gasteiger partial charge < -0.3 is 24.3 Å². The van der Waals surface area contributed by atoms with Crippen LogP contribution in [0.4, 0.5) is 5.69 Å². The number of nitriles is 1. The SMILES string of the molecule is COC(=O)C(C#N)C(=N[C@H]1CCCCN(CC(=O)N2CCCC2)C1=O)Nc1ccc2cc(C)oc2c1. The summed E-state index contributed by atoms with van der Waals surface area (Å²) in [5, 5.41) is 13.7. The Kier molecular flexibility index (Phi) is 7.88. The van der Waals surface area contributed by atoms with Crippen LogP contribution in [-0.2, 0) is 19.1 Å². The Hall–Kier alpha value is -3.87. The Morgan fingerprint density at radius 2 is 1.97 bits per heavy atom. The Labute approximate surface area is 209 Å². The highest BCUT2D eigenvalue weighted by Gasteiger charge is 2.33. The van der Waals surface area contributed by atoms with Crippen LogP contribution in [0.25, 0.3) is 11.0 Å². The van der Waals surface area contributed by atoms with E-state index in [0.29, 0.717) is 24.2 Å². The van der Waals surface area contributed by atoms with Crippen molar-refractivity contribution in [3.05, 3.63) is 30.0 Å². The number of likely N-dealkylation sites (tertiary alicyclic amines) is 2. The number of anilines is 1. The third-order valence-corrected chi connectivity index (χ3v) is 6.59. The Morgan fingerprint density at radius 3 is 2.69 bits per heavy atom. The fourth-order valence-corrected chi connectivity index (χ4v) is 4.67. The fraction of sp³-hybridized carbons (Fsp3) is 0.500. The summed E-state index contributed by atoms with van der Waals surface area (Å²) in [7, 11) is 1.20. The van der Waals surface area contributed by atoms with Gasteiger partial charge in [-0.15, -0.1) is 0 Å². The first-order valence-corrected chi connectivity index (χ1v) is 12.3. The normalized spacial score (nSPS) is 19.6. The number of ether oxygens (including phenoxy) is 1. The minimum Gasteiger partial charge on any atom is -0.468 e. The van der Waals surface area contributed by atoms with Gasteiger partial charge in [-0.05, 0) is 57.2 Å². The van der Waals surface area contributed by atoms with Gasteiger partial charge in [0.25, 0.3) is 0 Å².